The molecule has 3 aromatic rings. The van der Waals surface area contributed by atoms with Crippen LogP contribution in [0.2, 0.25) is 0 Å². The Morgan fingerprint density at radius 2 is 2.00 bits per heavy atom. The lowest BCUT2D eigenvalue weighted by Crippen LogP contribution is -2.07. The van der Waals surface area contributed by atoms with Gasteiger partial charge >= 0.3 is 5.97 Å². The van der Waals surface area contributed by atoms with Crippen molar-refractivity contribution in [3.05, 3.63) is 54.1 Å². The summed E-state index contributed by atoms with van der Waals surface area (Å²) in [6, 6.07) is 3.88. The molecule has 0 bridgehead atoms. The molecule has 0 aromatic carbocycles. The largest absolute Gasteiger partial charge is 0.495 e. The highest BCUT2D eigenvalue weighted by atomic mass is 16.5. The van der Waals surface area contributed by atoms with Crippen LogP contribution in [0.15, 0.2) is 36.9 Å². The molecule has 3 aromatic heterocycles. The number of ether oxygens (including phenoxy) is 2. The van der Waals surface area contributed by atoms with Crippen molar-refractivity contribution in [2.24, 2.45) is 5.92 Å². The van der Waals surface area contributed by atoms with E-state index in [-0.39, 0.29) is 5.69 Å². The molecule has 0 aliphatic heterocycles. The summed E-state index contributed by atoms with van der Waals surface area (Å²) in [4.78, 5) is 32.0. The van der Waals surface area contributed by atoms with Crippen LogP contribution in [0, 0.1) is 12.8 Å². The first-order valence-electron chi connectivity index (χ1n) is 9.07. The molecule has 1 aliphatic carbocycles. The summed E-state index contributed by atoms with van der Waals surface area (Å²) >= 11 is 0. The third kappa shape index (κ3) is 4.13. The predicted molar refractivity (Wildman–Crippen MR) is 102 cm³/mol. The predicted octanol–water partition coefficient (Wildman–Crippen LogP) is 2.53. The lowest BCUT2D eigenvalue weighted by atomic mass is 10.2. The average molecular weight is 393 g/mol. The molecule has 1 saturated carbocycles. The van der Waals surface area contributed by atoms with Gasteiger partial charge in [0.2, 0.25) is 5.88 Å². The van der Waals surface area contributed by atoms with E-state index in [1.807, 2.05) is 12.1 Å². The minimum atomic E-state index is -1.13. The summed E-state index contributed by atoms with van der Waals surface area (Å²) < 4.78 is 11.1. The maximum absolute atomic E-state index is 11.0. The molecule has 0 amide bonds. The van der Waals surface area contributed by atoms with Gasteiger partial charge in [-0.05, 0) is 25.5 Å². The zero-order valence-electron chi connectivity index (χ0n) is 15.9. The molecule has 148 valence electrons. The van der Waals surface area contributed by atoms with Gasteiger partial charge in [-0.1, -0.05) is 0 Å². The Morgan fingerprint density at radius 1 is 1.14 bits per heavy atom. The highest BCUT2D eigenvalue weighted by molar-refractivity contribution is 5.85. The van der Waals surface area contributed by atoms with Crippen LogP contribution in [0.5, 0.6) is 11.6 Å². The molecule has 9 heteroatoms. The number of aromatic nitrogens is 5. The topological polar surface area (TPSA) is 120 Å². The van der Waals surface area contributed by atoms with Crippen molar-refractivity contribution in [1.29, 1.82) is 0 Å². The quantitative estimate of drug-likeness (QED) is 0.645. The molecule has 9 nitrogen and oxygen atoms in total. The van der Waals surface area contributed by atoms with Gasteiger partial charge in [0, 0.05) is 23.7 Å². The Morgan fingerprint density at radius 3 is 2.66 bits per heavy atom. The second-order valence-electron chi connectivity index (χ2n) is 6.76. The minimum absolute atomic E-state index is 0.128. The third-order valence-corrected chi connectivity index (χ3v) is 4.75. The molecule has 1 N–H and O–H groups in total. The smallest absolute Gasteiger partial charge is 0.356 e. The van der Waals surface area contributed by atoms with E-state index in [0.717, 1.165) is 17.9 Å². The summed E-state index contributed by atoms with van der Waals surface area (Å²) in [6.45, 7) is 2.26. The van der Waals surface area contributed by atoms with Gasteiger partial charge in [0.1, 0.15) is 11.6 Å². The third-order valence-electron chi connectivity index (χ3n) is 4.75. The standard InChI is InChI=1S/C20H19N5O4/c1-11-21-7-15(17-8-24-18(9-23-17)20(26)27)19(25-11)29-10-12-5-14(12)16-4-3-13(28-2)6-22-16/h3-4,6-9,12,14H,5,10H2,1-2H3,(H,26,27)/t12?,14-/m1/s1. The van der Waals surface area contributed by atoms with E-state index >= 15 is 0 Å². The van der Waals surface area contributed by atoms with Crippen LogP contribution in [0.25, 0.3) is 11.3 Å². The molecule has 0 saturated heterocycles. The molecule has 1 unspecified atom stereocenters. The highest BCUT2D eigenvalue weighted by Crippen LogP contribution is 2.47. The van der Waals surface area contributed by atoms with Gasteiger partial charge in [0.05, 0.1) is 43.6 Å². The molecule has 0 radical (unpaired) electrons. The van der Waals surface area contributed by atoms with E-state index in [1.165, 1.54) is 12.4 Å². The minimum Gasteiger partial charge on any atom is -0.495 e. The van der Waals surface area contributed by atoms with E-state index in [0.29, 0.717) is 41.4 Å². The molecule has 2 atom stereocenters. The zero-order valence-corrected chi connectivity index (χ0v) is 15.9. The van der Waals surface area contributed by atoms with Crippen molar-refractivity contribution in [3.63, 3.8) is 0 Å². The number of rotatable bonds is 7. The van der Waals surface area contributed by atoms with Gasteiger partial charge in [0.15, 0.2) is 5.69 Å². The van der Waals surface area contributed by atoms with E-state index in [4.69, 9.17) is 14.6 Å². The van der Waals surface area contributed by atoms with Crippen molar-refractivity contribution >= 4 is 5.97 Å². The number of carboxylic acids is 1. The molecule has 29 heavy (non-hydrogen) atoms. The highest BCUT2D eigenvalue weighted by Gasteiger charge is 2.40. The Hall–Kier alpha value is -3.62. The number of pyridine rings is 1. The number of aryl methyl sites for hydroxylation is 1. The molecule has 1 fully saturated rings. The van der Waals surface area contributed by atoms with Gasteiger partial charge < -0.3 is 14.6 Å². The Kier molecular flexibility index (Phi) is 5.03. The fourth-order valence-electron chi connectivity index (χ4n) is 3.02. The summed E-state index contributed by atoms with van der Waals surface area (Å²) in [7, 11) is 1.62. The molecular formula is C20H19N5O4. The van der Waals surface area contributed by atoms with Crippen LogP contribution >= 0.6 is 0 Å². The monoisotopic (exact) mass is 393 g/mol. The summed E-state index contributed by atoms with van der Waals surface area (Å²) in [5.41, 5.74) is 1.92. The summed E-state index contributed by atoms with van der Waals surface area (Å²) in [6.07, 6.45) is 6.90. The van der Waals surface area contributed by atoms with Crippen molar-refractivity contribution in [1.82, 2.24) is 24.9 Å². The molecule has 4 rings (SSSR count). The van der Waals surface area contributed by atoms with Gasteiger partial charge in [-0.3, -0.25) is 9.97 Å². The average Bonchev–Trinajstić information content (AvgIpc) is 3.52. The normalized spacial score (nSPS) is 17.6. The second-order valence-corrected chi connectivity index (χ2v) is 6.76. The number of aromatic carboxylic acids is 1. The van der Waals surface area contributed by atoms with Crippen LogP contribution in [0.1, 0.15) is 34.3 Å². The van der Waals surface area contributed by atoms with E-state index in [1.54, 1.807) is 26.4 Å². The second kappa shape index (κ2) is 7.78. The van der Waals surface area contributed by atoms with Crippen LogP contribution in [-0.4, -0.2) is 49.7 Å². The van der Waals surface area contributed by atoms with Crippen LogP contribution < -0.4 is 9.47 Å². The van der Waals surface area contributed by atoms with E-state index in [9.17, 15) is 4.79 Å². The van der Waals surface area contributed by atoms with Crippen molar-refractivity contribution < 1.29 is 19.4 Å². The number of hydrogen-bond acceptors (Lipinski definition) is 8. The van der Waals surface area contributed by atoms with Crippen molar-refractivity contribution in [2.75, 3.05) is 13.7 Å². The first-order valence-corrected chi connectivity index (χ1v) is 9.07. The molecule has 3 heterocycles. The Balaban J connectivity index is 1.46. The lowest BCUT2D eigenvalue weighted by Gasteiger charge is -2.10. The number of methoxy groups -OCH3 is 1. The Bertz CT molecular complexity index is 1020. The molecule has 1 aliphatic rings. The summed E-state index contributed by atoms with van der Waals surface area (Å²) in [5, 5.41) is 8.97. The van der Waals surface area contributed by atoms with Crippen LogP contribution in [-0.2, 0) is 0 Å². The van der Waals surface area contributed by atoms with Gasteiger partial charge in [0.25, 0.3) is 0 Å². The number of carbonyl (C=O) groups is 1. The SMILES string of the molecule is COc1ccc([C@@H]2CC2COc2nc(C)ncc2-c2cnc(C(=O)O)cn2)nc1. The Labute approximate surface area is 166 Å². The maximum Gasteiger partial charge on any atom is 0.356 e. The number of carboxylic acid groups (broad SMARTS) is 1. The molecule has 0 spiro atoms. The van der Waals surface area contributed by atoms with Crippen LogP contribution in [0.3, 0.4) is 0 Å². The first-order chi connectivity index (χ1) is 14.0. The van der Waals surface area contributed by atoms with E-state index in [2.05, 4.69) is 24.9 Å². The van der Waals surface area contributed by atoms with Gasteiger partial charge in [-0.2, -0.15) is 4.98 Å². The zero-order chi connectivity index (χ0) is 20.4. The van der Waals surface area contributed by atoms with Gasteiger partial charge in [-0.25, -0.2) is 14.8 Å². The summed E-state index contributed by atoms with van der Waals surface area (Å²) in [5.74, 6) is 1.28. The fraction of sp³-hybridized carbons (Fsp3) is 0.300. The first kappa shape index (κ1) is 18.7. The fourth-order valence-corrected chi connectivity index (χ4v) is 3.02. The molecular weight excluding hydrogens is 374 g/mol. The maximum atomic E-state index is 11.0. The van der Waals surface area contributed by atoms with Gasteiger partial charge in [-0.15, -0.1) is 0 Å². The number of hydrogen-bond donors (Lipinski definition) is 1. The van der Waals surface area contributed by atoms with E-state index < -0.39 is 5.97 Å². The lowest BCUT2D eigenvalue weighted by molar-refractivity contribution is 0.0690. The number of nitrogens with zero attached hydrogens (tertiary/aromatic N) is 5. The van der Waals surface area contributed by atoms with Crippen LogP contribution in [0.4, 0.5) is 0 Å². The van der Waals surface area contributed by atoms with Crippen molar-refractivity contribution in [3.8, 4) is 22.9 Å². The van der Waals surface area contributed by atoms with Crippen molar-refractivity contribution in [2.45, 2.75) is 19.3 Å².